The molecule has 3 heterocycles. The van der Waals surface area contributed by atoms with Crippen molar-refractivity contribution in [2.24, 2.45) is 5.41 Å². The second-order valence-electron chi connectivity index (χ2n) is 8.26. The molecule has 2 aromatic rings. The zero-order valence-corrected chi connectivity index (χ0v) is 16.6. The number of carbonyl (C=O) groups is 2. The summed E-state index contributed by atoms with van der Waals surface area (Å²) >= 11 is 0. The zero-order valence-electron chi connectivity index (χ0n) is 16.6. The number of likely N-dealkylation sites (tertiary alicyclic amines) is 2. The van der Waals surface area contributed by atoms with Crippen LogP contribution in [0.15, 0.2) is 48.8 Å². The van der Waals surface area contributed by atoms with Crippen LogP contribution in [0, 0.1) is 5.41 Å². The van der Waals surface area contributed by atoms with Crippen molar-refractivity contribution in [1.82, 2.24) is 14.8 Å². The molecule has 2 saturated heterocycles. The van der Waals surface area contributed by atoms with Gasteiger partial charge in [-0.25, -0.2) is 0 Å². The summed E-state index contributed by atoms with van der Waals surface area (Å²) < 4.78 is 0. The number of hydrogen-bond donors (Lipinski definition) is 1. The van der Waals surface area contributed by atoms with Gasteiger partial charge in [0, 0.05) is 50.6 Å². The molecule has 2 aliphatic heterocycles. The van der Waals surface area contributed by atoms with Gasteiger partial charge in [-0.2, -0.15) is 0 Å². The molecule has 2 aliphatic rings. The van der Waals surface area contributed by atoms with E-state index in [2.05, 4.69) is 4.98 Å². The Kier molecular flexibility index (Phi) is 5.51. The number of piperidine rings is 2. The van der Waals surface area contributed by atoms with Crippen LogP contribution in [0.5, 0.6) is 5.75 Å². The minimum atomic E-state index is -0.0304. The third-order valence-corrected chi connectivity index (χ3v) is 6.37. The molecule has 6 nitrogen and oxygen atoms in total. The molecule has 0 saturated carbocycles. The Labute approximate surface area is 171 Å². The predicted molar refractivity (Wildman–Crippen MR) is 109 cm³/mol. The third-order valence-electron chi connectivity index (χ3n) is 6.37. The molecule has 4 rings (SSSR count). The monoisotopic (exact) mass is 393 g/mol. The molecule has 0 bridgehead atoms. The van der Waals surface area contributed by atoms with E-state index < -0.39 is 0 Å². The second-order valence-corrected chi connectivity index (χ2v) is 8.26. The Morgan fingerprint density at radius 3 is 2.59 bits per heavy atom. The molecule has 1 aromatic heterocycles. The highest BCUT2D eigenvalue weighted by atomic mass is 16.3. The first-order chi connectivity index (χ1) is 14.0. The van der Waals surface area contributed by atoms with Crippen LogP contribution < -0.4 is 0 Å². The van der Waals surface area contributed by atoms with Crippen molar-refractivity contribution in [3.8, 4) is 5.75 Å². The number of rotatable bonds is 4. The molecule has 0 atom stereocenters. The number of carbonyl (C=O) groups excluding carboxylic acids is 2. The minimum absolute atomic E-state index is 0.0304. The summed E-state index contributed by atoms with van der Waals surface area (Å²) in [7, 11) is 0. The summed E-state index contributed by atoms with van der Waals surface area (Å²) in [6.45, 7) is 2.91. The van der Waals surface area contributed by atoms with Gasteiger partial charge in [0.25, 0.3) is 5.91 Å². The molecule has 0 unspecified atom stereocenters. The van der Waals surface area contributed by atoms with Gasteiger partial charge in [0.1, 0.15) is 5.75 Å². The standard InChI is InChI=1S/C23H27N3O3/c27-20-3-1-2-19(16-20)22(29)25-14-9-23(10-15-25)8-4-21(28)26(17-23)13-7-18-5-11-24-12-6-18/h1-3,5-6,11-12,16,27H,4,7-10,13-15,17H2. The van der Waals surface area contributed by atoms with Crippen molar-refractivity contribution in [1.29, 1.82) is 0 Å². The molecule has 1 aromatic carbocycles. The molecule has 1 N–H and O–H groups in total. The molecule has 29 heavy (non-hydrogen) atoms. The fourth-order valence-corrected chi connectivity index (χ4v) is 4.53. The number of benzene rings is 1. The Morgan fingerprint density at radius 1 is 1.10 bits per heavy atom. The quantitative estimate of drug-likeness (QED) is 0.867. The van der Waals surface area contributed by atoms with E-state index in [-0.39, 0.29) is 23.0 Å². The Hall–Kier alpha value is -2.89. The minimum Gasteiger partial charge on any atom is -0.508 e. The first kappa shape index (κ1) is 19.4. The molecule has 2 fully saturated rings. The molecule has 2 amide bonds. The van der Waals surface area contributed by atoms with Gasteiger partial charge < -0.3 is 14.9 Å². The lowest BCUT2D eigenvalue weighted by Crippen LogP contribution is -2.52. The highest BCUT2D eigenvalue weighted by Crippen LogP contribution is 2.40. The highest BCUT2D eigenvalue weighted by molar-refractivity contribution is 5.94. The van der Waals surface area contributed by atoms with Crippen molar-refractivity contribution in [3.63, 3.8) is 0 Å². The smallest absolute Gasteiger partial charge is 0.253 e. The van der Waals surface area contributed by atoms with Gasteiger partial charge in [0.15, 0.2) is 0 Å². The molecule has 0 aliphatic carbocycles. The largest absolute Gasteiger partial charge is 0.508 e. The van der Waals surface area contributed by atoms with Crippen molar-refractivity contribution in [3.05, 3.63) is 59.9 Å². The Morgan fingerprint density at radius 2 is 1.86 bits per heavy atom. The van der Waals surface area contributed by atoms with Crippen LogP contribution in [-0.2, 0) is 11.2 Å². The maximum Gasteiger partial charge on any atom is 0.253 e. The van der Waals surface area contributed by atoms with E-state index in [1.54, 1.807) is 30.6 Å². The highest BCUT2D eigenvalue weighted by Gasteiger charge is 2.41. The Bertz CT molecular complexity index is 876. The Balaban J connectivity index is 1.36. The van der Waals surface area contributed by atoms with E-state index in [0.717, 1.165) is 38.8 Å². The van der Waals surface area contributed by atoms with Crippen LogP contribution >= 0.6 is 0 Å². The summed E-state index contributed by atoms with van der Waals surface area (Å²) in [6, 6.07) is 10.5. The average Bonchev–Trinajstić information content (AvgIpc) is 2.75. The molecule has 1 spiro atoms. The van der Waals surface area contributed by atoms with Crippen molar-refractivity contribution in [2.75, 3.05) is 26.2 Å². The SMILES string of the molecule is O=C1CCC2(CCN(C(=O)c3cccc(O)c3)CC2)CN1CCc1ccncc1. The third kappa shape index (κ3) is 4.42. The summed E-state index contributed by atoms with van der Waals surface area (Å²) in [5.41, 5.74) is 1.83. The maximum atomic E-state index is 12.7. The molecule has 0 radical (unpaired) electrons. The number of pyridine rings is 1. The molecular formula is C23H27N3O3. The van der Waals surface area contributed by atoms with E-state index in [1.807, 2.05) is 21.9 Å². The molecule has 6 heteroatoms. The van der Waals surface area contributed by atoms with Crippen molar-refractivity contribution < 1.29 is 14.7 Å². The number of phenolic OH excluding ortho intramolecular Hbond substituents is 1. The van der Waals surface area contributed by atoms with E-state index in [0.29, 0.717) is 25.1 Å². The molecular weight excluding hydrogens is 366 g/mol. The van der Waals surface area contributed by atoms with E-state index in [4.69, 9.17) is 0 Å². The van der Waals surface area contributed by atoms with Crippen molar-refractivity contribution >= 4 is 11.8 Å². The number of phenols is 1. The van der Waals surface area contributed by atoms with E-state index >= 15 is 0 Å². The van der Waals surface area contributed by atoms with E-state index in [1.165, 1.54) is 11.6 Å². The molecule has 152 valence electrons. The van der Waals surface area contributed by atoms with Crippen molar-refractivity contribution in [2.45, 2.75) is 32.1 Å². The lowest BCUT2D eigenvalue weighted by molar-refractivity contribution is -0.138. The van der Waals surface area contributed by atoms with Gasteiger partial charge in [-0.1, -0.05) is 6.07 Å². The van der Waals surface area contributed by atoms with Crippen LogP contribution in [0.25, 0.3) is 0 Å². The lowest BCUT2D eigenvalue weighted by Gasteiger charge is -2.47. The fourth-order valence-electron chi connectivity index (χ4n) is 4.53. The average molecular weight is 393 g/mol. The van der Waals surface area contributed by atoms with Gasteiger partial charge in [-0.3, -0.25) is 14.6 Å². The van der Waals surface area contributed by atoms with Gasteiger partial charge in [0.05, 0.1) is 0 Å². The predicted octanol–water partition coefficient (Wildman–Crippen LogP) is 2.87. The number of aromatic hydroxyl groups is 1. The van der Waals surface area contributed by atoms with Crippen LogP contribution in [0.4, 0.5) is 0 Å². The summed E-state index contributed by atoms with van der Waals surface area (Å²) in [4.78, 5) is 33.1. The summed E-state index contributed by atoms with van der Waals surface area (Å²) in [5, 5.41) is 9.63. The number of aromatic nitrogens is 1. The number of nitrogens with zero attached hydrogens (tertiary/aromatic N) is 3. The van der Waals surface area contributed by atoms with Crippen LogP contribution in [0.2, 0.25) is 0 Å². The first-order valence-electron chi connectivity index (χ1n) is 10.3. The number of amides is 2. The topological polar surface area (TPSA) is 73.7 Å². The van der Waals surface area contributed by atoms with Gasteiger partial charge in [-0.15, -0.1) is 0 Å². The van der Waals surface area contributed by atoms with Gasteiger partial charge in [0.2, 0.25) is 5.91 Å². The zero-order chi connectivity index (χ0) is 20.3. The summed E-state index contributed by atoms with van der Waals surface area (Å²) in [5.74, 6) is 0.320. The van der Waals surface area contributed by atoms with E-state index in [9.17, 15) is 14.7 Å². The first-order valence-corrected chi connectivity index (χ1v) is 10.3. The fraction of sp³-hybridized carbons (Fsp3) is 0.435. The summed E-state index contributed by atoms with van der Waals surface area (Å²) in [6.07, 6.45) is 7.74. The van der Waals surface area contributed by atoms with Gasteiger partial charge in [-0.05, 0) is 67.0 Å². The normalized spacial score (nSPS) is 18.8. The maximum absolute atomic E-state index is 12.7. The van der Waals surface area contributed by atoms with Crippen LogP contribution in [0.1, 0.15) is 41.6 Å². The van der Waals surface area contributed by atoms with Gasteiger partial charge >= 0.3 is 0 Å². The second kappa shape index (κ2) is 8.23. The van der Waals surface area contributed by atoms with Crippen LogP contribution in [0.3, 0.4) is 0 Å². The lowest BCUT2D eigenvalue weighted by atomic mass is 9.72. The van der Waals surface area contributed by atoms with Crippen LogP contribution in [-0.4, -0.2) is 57.9 Å². The number of hydrogen-bond acceptors (Lipinski definition) is 4.